The Morgan fingerprint density at radius 2 is 2.38 bits per heavy atom. The molecule has 1 atom stereocenters. The van der Waals surface area contributed by atoms with Crippen molar-refractivity contribution >= 4 is 23.4 Å². The number of hydrogen-bond acceptors (Lipinski definition) is 6. The Hall–Kier alpha value is -1.28. The van der Waals surface area contributed by atoms with Crippen molar-refractivity contribution in [2.75, 3.05) is 30.7 Å². The lowest BCUT2D eigenvalue weighted by molar-refractivity contribution is 0.0957. The molecule has 2 aliphatic rings. The lowest BCUT2D eigenvalue weighted by Crippen LogP contribution is -2.33. The van der Waals surface area contributed by atoms with E-state index in [1.165, 1.54) is 5.56 Å². The molecule has 1 amide bonds. The molecule has 0 aromatic heterocycles. The molecule has 1 unspecified atom stereocenters. The van der Waals surface area contributed by atoms with Gasteiger partial charge in [0.05, 0.1) is 16.6 Å². The van der Waals surface area contributed by atoms with E-state index in [1.807, 2.05) is 12.1 Å². The number of benzene rings is 1. The van der Waals surface area contributed by atoms with Crippen molar-refractivity contribution in [3.05, 3.63) is 29.3 Å². The normalized spacial score (nSPS) is 20.7. The minimum Gasteiger partial charge on any atom is -0.384 e. The summed E-state index contributed by atoms with van der Waals surface area (Å²) >= 11 is 1.78. The van der Waals surface area contributed by atoms with E-state index in [4.69, 9.17) is 0 Å². The number of fused-ring (bicyclic) bond motifs is 1. The van der Waals surface area contributed by atoms with Gasteiger partial charge in [0, 0.05) is 25.4 Å². The summed E-state index contributed by atoms with van der Waals surface area (Å²) < 4.78 is 0. The number of anilines is 1. The van der Waals surface area contributed by atoms with Crippen molar-refractivity contribution in [1.29, 1.82) is 0 Å². The van der Waals surface area contributed by atoms with E-state index in [0.29, 0.717) is 11.9 Å². The van der Waals surface area contributed by atoms with E-state index in [2.05, 4.69) is 33.1 Å². The molecular weight excluding hydrogens is 286 g/mol. The van der Waals surface area contributed by atoms with E-state index in [9.17, 15) is 4.79 Å². The van der Waals surface area contributed by atoms with Crippen LogP contribution in [0.1, 0.15) is 22.3 Å². The first-order valence-electron chi connectivity index (χ1n) is 7.33. The summed E-state index contributed by atoms with van der Waals surface area (Å²) in [6.45, 7) is 2.50. The maximum absolute atomic E-state index is 12.3. The average molecular weight is 307 g/mol. The molecular formula is C14H21N5OS. The number of thioether (sulfide) groups is 1. The van der Waals surface area contributed by atoms with Crippen LogP contribution in [-0.2, 0) is 6.42 Å². The standard InChI is InChI=1S/C14H21N5OS/c20-14(16-7-8-21-12-9-17-19-18-12)11-5-1-3-10-4-2-6-15-13(10)11/h1,3,5,12,15,17-19H,2,4,6-9H2,(H,16,20). The van der Waals surface area contributed by atoms with Crippen LogP contribution in [0.5, 0.6) is 0 Å². The maximum Gasteiger partial charge on any atom is 0.253 e. The summed E-state index contributed by atoms with van der Waals surface area (Å²) in [6.07, 6.45) is 2.18. The van der Waals surface area contributed by atoms with E-state index >= 15 is 0 Å². The van der Waals surface area contributed by atoms with Crippen molar-refractivity contribution < 1.29 is 4.79 Å². The highest BCUT2D eigenvalue weighted by atomic mass is 32.2. The monoisotopic (exact) mass is 307 g/mol. The van der Waals surface area contributed by atoms with Crippen molar-refractivity contribution in [3.8, 4) is 0 Å². The molecule has 2 heterocycles. The van der Waals surface area contributed by atoms with Crippen LogP contribution >= 0.6 is 11.8 Å². The average Bonchev–Trinajstić information content (AvgIpc) is 3.04. The molecule has 1 fully saturated rings. The summed E-state index contributed by atoms with van der Waals surface area (Å²) in [7, 11) is 0. The number of hydrazine groups is 2. The van der Waals surface area contributed by atoms with Crippen LogP contribution in [0.3, 0.4) is 0 Å². The van der Waals surface area contributed by atoms with Crippen molar-refractivity contribution in [2.24, 2.45) is 0 Å². The fraction of sp³-hybridized carbons (Fsp3) is 0.500. The van der Waals surface area contributed by atoms with Gasteiger partial charge >= 0.3 is 0 Å². The summed E-state index contributed by atoms with van der Waals surface area (Å²) in [5.74, 6) is 0.896. The predicted octanol–water partition coefficient (Wildman–Crippen LogP) is 0.446. The molecule has 1 saturated heterocycles. The number of carbonyl (C=O) groups is 1. The lowest BCUT2D eigenvalue weighted by atomic mass is 9.99. The maximum atomic E-state index is 12.3. The summed E-state index contributed by atoms with van der Waals surface area (Å²) in [5, 5.41) is 6.71. The highest BCUT2D eigenvalue weighted by Gasteiger charge is 2.17. The van der Waals surface area contributed by atoms with Crippen molar-refractivity contribution in [2.45, 2.75) is 18.2 Å². The van der Waals surface area contributed by atoms with Crippen LogP contribution < -0.4 is 27.0 Å². The van der Waals surface area contributed by atoms with Crippen molar-refractivity contribution in [1.82, 2.24) is 21.7 Å². The molecule has 3 rings (SSSR count). The Kier molecular flexibility index (Phi) is 4.97. The topological polar surface area (TPSA) is 77.2 Å². The fourth-order valence-corrected chi connectivity index (χ4v) is 3.43. The largest absolute Gasteiger partial charge is 0.384 e. The first kappa shape index (κ1) is 14.6. The van der Waals surface area contributed by atoms with Gasteiger partial charge < -0.3 is 10.6 Å². The molecule has 6 nitrogen and oxygen atoms in total. The second kappa shape index (κ2) is 7.13. The third kappa shape index (κ3) is 3.68. The zero-order valence-corrected chi connectivity index (χ0v) is 12.7. The molecule has 7 heteroatoms. The first-order valence-corrected chi connectivity index (χ1v) is 8.38. The Labute approximate surface area is 128 Å². The summed E-state index contributed by atoms with van der Waals surface area (Å²) in [6, 6.07) is 5.96. The van der Waals surface area contributed by atoms with E-state index < -0.39 is 0 Å². The molecule has 0 saturated carbocycles. The van der Waals surface area contributed by atoms with Crippen LogP contribution in [0.2, 0.25) is 0 Å². The number of nitrogens with one attached hydrogen (secondary N) is 5. The molecule has 0 bridgehead atoms. The lowest BCUT2D eigenvalue weighted by Gasteiger charge is -2.20. The number of carbonyl (C=O) groups excluding carboxylic acids is 1. The van der Waals surface area contributed by atoms with Gasteiger partial charge in [-0.25, -0.2) is 10.9 Å². The van der Waals surface area contributed by atoms with Gasteiger partial charge in [-0.05, 0) is 24.5 Å². The number of hydrogen-bond donors (Lipinski definition) is 5. The molecule has 0 radical (unpaired) electrons. The Bertz CT molecular complexity index is 504. The fourth-order valence-electron chi connectivity index (χ4n) is 2.59. The number of amides is 1. The highest BCUT2D eigenvalue weighted by Crippen LogP contribution is 2.25. The minimum atomic E-state index is 0.0116. The highest BCUT2D eigenvalue weighted by molar-refractivity contribution is 7.99. The van der Waals surface area contributed by atoms with Gasteiger partial charge in [0.25, 0.3) is 5.91 Å². The number of rotatable bonds is 5. The molecule has 1 aromatic carbocycles. The zero-order chi connectivity index (χ0) is 14.5. The summed E-state index contributed by atoms with van der Waals surface area (Å²) in [5.41, 5.74) is 12.0. The molecule has 114 valence electrons. The van der Waals surface area contributed by atoms with Crippen molar-refractivity contribution in [3.63, 3.8) is 0 Å². The Morgan fingerprint density at radius 3 is 3.24 bits per heavy atom. The molecule has 5 N–H and O–H groups in total. The molecule has 0 aliphatic carbocycles. The van der Waals surface area contributed by atoms with Gasteiger partial charge in [0.1, 0.15) is 0 Å². The number of para-hydroxylation sites is 1. The van der Waals surface area contributed by atoms with E-state index in [1.54, 1.807) is 11.8 Å². The van der Waals surface area contributed by atoms with E-state index in [0.717, 1.165) is 42.9 Å². The molecule has 21 heavy (non-hydrogen) atoms. The molecule has 1 aromatic rings. The molecule has 0 spiro atoms. The third-order valence-electron chi connectivity index (χ3n) is 3.64. The Balaban J connectivity index is 1.51. The Morgan fingerprint density at radius 1 is 1.43 bits per heavy atom. The van der Waals surface area contributed by atoms with Crippen LogP contribution in [0.4, 0.5) is 5.69 Å². The van der Waals surface area contributed by atoms with E-state index in [-0.39, 0.29) is 5.91 Å². The van der Waals surface area contributed by atoms with Gasteiger partial charge in [0.15, 0.2) is 0 Å². The molecule has 2 aliphatic heterocycles. The van der Waals surface area contributed by atoms with Gasteiger partial charge in [-0.1, -0.05) is 12.1 Å². The van der Waals surface area contributed by atoms with Crippen LogP contribution in [-0.4, -0.2) is 36.7 Å². The van der Waals surface area contributed by atoms with Crippen LogP contribution in [0.15, 0.2) is 18.2 Å². The van der Waals surface area contributed by atoms with Crippen LogP contribution in [0, 0.1) is 0 Å². The van der Waals surface area contributed by atoms with Gasteiger partial charge in [0.2, 0.25) is 0 Å². The SMILES string of the molecule is O=C(NCCSC1CNNN1)c1cccc2c1NCCC2. The van der Waals surface area contributed by atoms with Gasteiger partial charge in [-0.15, -0.1) is 11.8 Å². The van der Waals surface area contributed by atoms with Crippen LogP contribution in [0.25, 0.3) is 0 Å². The number of aryl methyl sites for hydroxylation is 1. The second-order valence-electron chi connectivity index (χ2n) is 5.14. The second-order valence-corrected chi connectivity index (χ2v) is 6.45. The smallest absolute Gasteiger partial charge is 0.253 e. The third-order valence-corrected chi connectivity index (χ3v) is 4.76. The quantitative estimate of drug-likeness (QED) is 0.508. The predicted molar refractivity (Wildman–Crippen MR) is 86.1 cm³/mol. The zero-order valence-electron chi connectivity index (χ0n) is 11.9. The van der Waals surface area contributed by atoms with Gasteiger partial charge in [-0.2, -0.15) is 5.53 Å². The van der Waals surface area contributed by atoms with Gasteiger partial charge in [-0.3, -0.25) is 4.79 Å². The first-order chi connectivity index (χ1) is 10.3. The minimum absolute atomic E-state index is 0.0116. The summed E-state index contributed by atoms with van der Waals surface area (Å²) in [4.78, 5) is 12.3.